The summed E-state index contributed by atoms with van der Waals surface area (Å²) in [5, 5.41) is 24.3. The Morgan fingerprint density at radius 2 is 1.58 bits per heavy atom. The molecule has 0 fully saturated rings. The lowest BCUT2D eigenvalue weighted by Gasteiger charge is -2.08. The van der Waals surface area contributed by atoms with E-state index >= 15 is 0 Å². The Morgan fingerprint density at radius 3 is 2.10 bits per heavy atom. The molecule has 1 amide bonds. The van der Waals surface area contributed by atoms with Gasteiger partial charge in [0.1, 0.15) is 5.76 Å². The number of hydrogen-bond donors (Lipinski definition) is 2. The minimum absolute atomic E-state index is 0.0423. The Hall–Kier alpha value is -4.10. The van der Waals surface area contributed by atoms with Crippen LogP contribution in [0.5, 0.6) is 0 Å². The molecule has 2 N–H and O–H groups in total. The highest BCUT2D eigenvalue weighted by Crippen LogP contribution is 2.24. The molecular weight excluding hydrogens is 432 g/mol. The number of non-ortho nitro benzene ring substituents is 2. The minimum Gasteiger partial charge on any atom is -0.468 e. The van der Waals surface area contributed by atoms with E-state index in [2.05, 4.69) is 10.0 Å². The first-order valence-corrected chi connectivity index (χ1v) is 10.0. The maximum atomic E-state index is 12.4. The predicted octanol–water partition coefficient (Wildman–Crippen LogP) is 2.83. The fraction of sp³-hybridized carbons (Fsp3) is 0.0556. The van der Waals surface area contributed by atoms with Gasteiger partial charge in [-0.1, -0.05) is 0 Å². The molecule has 12 nitrogen and oxygen atoms in total. The van der Waals surface area contributed by atoms with Gasteiger partial charge in [0, 0.05) is 17.8 Å². The molecular formula is C18H14N4O8S. The van der Waals surface area contributed by atoms with E-state index in [0.29, 0.717) is 5.76 Å². The zero-order chi connectivity index (χ0) is 22.6. The van der Waals surface area contributed by atoms with E-state index in [4.69, 9.17) is 4.42 Å². The SMILES string of the molecule is O=C(Nc1ccc(S(=O)(=O)NCc2ccco2)cc1)c1cc([N+](=O)[O-])cc([N+](=O)[O-])c1. The first-order valence-electron chi connectivity index (χ1n) is 8.53. The number of benzene rings is 2. The number of nitrogens with zero attached hydrogens (tertiary/aromatic N) is 2. The Morgan fingerprint density at radius 1 is 0.968 bits per heavy atom. The highest BCUT2D eigenvalue weighted by Gasteiger charge is 2.20. The third kappa shape index (κ3) is 5.29. The van der Waals surface area contributed by atoms with Crippen LogP contribution in [0.1, 0.15) is 16.1 Å². The quantitative estimate of drug-likeness (QED) is 0.392. The summed E-state index contributed by atoms with van der Waals surface area (Å²) in [6.45, 7) is -0.0423. The van der Waals surface area contributed by atoms with Gasteiger partial charge in [-0.2, -0.15) is 0 Å². The number of carbonyl (C=O) groups excluding carboxylic acids is 1. The van der Waals surface area contributed by atoms with Crippen LogP contribution in [0.3, 0.4) is 0 Å². The largest absolute Gasteiger partial charge is 0.468 e. The number of hydrogen-bond acceptors (Lipinski definition) is 8. The molecule has 0 saturated carbocycles. The van der Waals surface area contributed by atoms with E-state index < -0.39 is 37.2 Å². The number of sulfonamides is 1. The maximum Gasteiger partial charge on any atom is 0.277 e. The number of nitrogens with one attached hydrogen (secondary N) is 2. The Balaban J connectivity index is 1.74. The first kappa shape index (κ1) is 21.6. The number of nitro benzene ring substituents is 2. The Bertz CT molecular complexity index is 1210. The lowest BCUT2D eigenvalue weighted by Crippen LogP contribution is -2.23. The zero-order valence-corrected chi connectivity index (χ0v) is 16.4. The number of anilines is 1. The molecule has 0 saturated heterocycles. The van der Waals surface area contributed by atoms with Gasteiger partial charge in [0.2, 0.25) is 10.0 Å². The minimum atomic E-state index is -3.84. The Kier molecular flexibility index (Phi) is 6.08. The van der Waals surface area contributed by atoms with E-state index in [-0.39, 0.29) is 22.7 Å². The molecule has 3 aromatic rings. The predicted molar refractivity (Wildman–Crippen MR) is 107 cm³/mol. The van der Waals surface area contributed by atoms with Crippen molar-refractivity contribution in [2.75, 3.05) is 5.32 Å². The fourth-order valence-electron chi connectivity index (χ4n) is 2.52. The smallest absolute Gasteiger partial charge is 0.277 e. The van der Waals surface area contributed by atoms with Crippen molar-refractivity contribution in [3.63, 3.8) is 0 Å². The van der Waals surface area contributed by atoms with Gasteiger partial charge in [-0.3, -0.25) is 25.0 Å². The topological polar surface area (TPSA) is 175 Å². The number of carbonyl (C=O) groups is 1. The third-order valence-corrected chi connectivity index (χ3v) is 5.44. The van der Waals surface area contributed by atoms with Crippen LogP contribution in [0.2, 0.25) is 0 Å². The zero-order valence-electron chi connectivity index (χ0n) is 15.5. The van der Waals surface area contributed by atoms with Crippen LogP contribution in [0, 0.1) is 20.2 Å². The van der Waals surface area contributed by atoms with Crippen LogP contribution in [0.25, 0.3) is 0 Å². The van der Waals surface area contributed by atoms with Gasteiger partial charge in [-0.25, -0.2) is 13.1 Å². The van der Waals surface area contributed by atoms with Crippen LogP contribution >= 0.6 is 0 Å². The molecule has 0 radical (unpaired) electrons. The van der Waals surface area contributed by atoms with E-state index in [0.717, 1.165) is 18.2 Å². The summed E-state index contributed by atoms with van der Waals surface area (Å²) in [7, 11) is -3.84. The standard InChI is InChI=1S/C18H14N4O8S/c23-18(12-8-14(21(24)25)10-15(9-12)22(26)27)20-13-3-5-17(6-4-13)31(28,29)19-11-16-2-1-7-30-16/h1-10,19H,11H2,(H,20,23). The molecule has 0 aliphatic rings. The fourth-order valence-corrected chi connectivity index (χ4v) is 3.51. The van der Waals surface area contributed by atoms with E-state index in [9.17, 15) is 33.4 Å². The van der Waals surface area contributed by atoms with Crippen LogP contribution < -0.4 is 10.0 Å². The van der Waals surface area contributed by atoms with E-state index in [1.54, 1.807) is 12.1 Å². The summed E-state index contributed by atoms with van der Waals surface area (Å²) in [6, 6.07) is 10.9. The number of amides is 1. The normalized spacial score (nSPS) is 11.1. The number of rotatable bonds is 8. The molecule has 3 rings (SSSR count). The van der Waals surface area contributed by atoms with Crippen molar-refractivity contribution in [1.29, 1.82) is 0 Å². The second-order valence-electron chi connectivity index (χ2n) is 6.13. The molecule has 0 spiro atoms. The van der Waals surface area contributed by atoms with Gasteiger partial charge in [0.05, 0.1) is 39.2 Å². The second kappa shape index (κ2) is 8.73. The Labute approximate surface area is 174 Å². The van der Waals surface area contributed by atoms with Crippen LogP contribution in [-0.2, 0) is 16.6 Å². The van der Waals surface area contributed by atoms with Gasteiger partial charge in [-0.15, -0.1) is 0 Å². The highest BCUT2D eigenvalue weighted by atomic mass is 32.2. The first-order chi connectivity index (χ1) is 14.7. The van der Waals surface area contributed by atoms with Gasteiger partial charge in [-0.05, 0) is 36.4 Å². The summed E-state index contributed by atoms with van der Waals surface area (Å²) < 4.78 is 32.1. The van der Waals surface area contributed by atoms with Gasteiger partial charge in [0.25, 0.3) is 17.3 Å². The van der Waals surface area contributed by atoms with Crippen molar-refractivity contribution in [1.82, 2.24) is 4.72 Å². The summed E-state index contributed by atoms with van der Waals surface area (Å²) >= 11 is 0. The number of nitro groups is 2. The summed E-state index contributed by atoms with van der Waals surface area (Å²) in [5.41, 5.74) is -1.33. The average molecular weight is 446 g/mol. The lowest BCUT2D eigenvalue weighted by atomic mass is 10.1. The monoisotopic (exact) mass is 446 g/mol. The van der Waals surface area contributed by atoms with Gasteiger partial charge >= 0.3 is 0 Å². The summed E-state index contributed by atoms with van der Waals surface area (Å²) in [6.07, 6.45) is 1.41. The van der Waals surface area contributed by atoms with E-state index in [1.807, 2.05) is 0 Å². The molecule has 0 bridgehead atoms. The van der Waals surface area contributed by atoms with Crippen molar-refractivity contribution in [3.05, 3.63) is 92.4 Å². The van der Waals surface area contributed by atoms with Crippen LogP contribution in [0.15, 0.2) is 70.2 Å². The molecule has 0 aliphatic carbocycles. The van der Waals surface area contributed by atoms with Crippen molar-refractivity contribution in [3.8, 4) is 0 Å². The van der Waals surface area contributed by atoms with Crippen molar-refractivity contribution in [2.45, 2.75) is 11.4 Å². The maximum absolute atomic E-state index is 12.4. The second-order valence-corrected chi connectivity index (χ2v) is 7.90. The molecule has 1 heterocycles. The van der Waals surface area contributed by atoms with Crippen LogP contribution in [0.4, 0.5) is 17.1 Å². The van der Waals surface area contributed by atoms with Crippen molar-refractivity contribution < 1.29 is 27.5 Å². The molecule has 160 valence electrons. The van der Waals surface area contributed by atoms with Gasteiger partial charge < -0.3 is 9.73 Å². The summed E-state index contributed by atoms with van der Waals surface area (Å²) in [5.74, 6) is -0.406. The van der Waals surface area contributed by atoms with Crippen molar-refractivity contribution in [2.24, 2.45) is 0 Å². The van der Waals surface area contributed by atoms with Crippen LogP contribution in [-0.4, -0.2) is 24.2 Å². The molecule has 0 unspecified atom stereocenters. The molecule has 2 aromatic carbocycles. The van der Waals surface area contributed by atoms with Crippen molar-refractivity contribution >= 4 is 33.0 Å². The lowest BCUT2D eigenvalue weighted by molar-refractivity contribution is -0.394. The molecule has 0 atom stereocenters. The highest BCUT2D eigenvalue weighted by molar-refractivity contribution is 7.89. The van der Waals surface area contributed by atoms with Gasteiger partial charge in [0.15, 0.2) is 0 Å². The number of furan rings is 1. The van der Waals surface area contributed by atoms with E-state index in [1.165, 1.54) is 30.5 Å². The summed E-state index contributed by atoms with van der Waals surface area (Å²) in [4.78, 5) is 32.5. The molecule has 13 heteroatoms. The molecule has 1 aromatic heterocycles. The third-order valence-electron chi connectivity index (χ3n) is 4.03. The molecule has 0 aliphatic heterocycles. The average Bonchev–Trinajstić information content (AvgIpc) is 3.26. The molecule has 31 heavy (non-hydrogen) atoms.